The Kier molecular flexibility index (Phi) is 2.96. The van der Waals surface area contributed by atoms with Crippen molar-refractivity contribution in [2.24, 2.45) is 0 Å². The Labute approximate surface area is 59.6 Å². The lowest BCUT2D eigenvalue weighted by molar-refractivity contribution is -0.132. The van der Waals surface area contributed by atoms with E-state index in [1.165, 1.54) is 0 Å². The van der Waals surface area contributed by atoms with Crippen molar-refractivity contribution in [1.82, 2.24) is 0 Å². The van der Waals surface area contributed by atoms with Crippen LogP contribution in [0.4, 0.5) is 0 Å². The van der Waals surface area contributed by atoms with Gasteiger partial charge in [-0.25, -0.2) is 0 Å². The van der Waals surface area contributed by atoms with Crippen LogP contribution < -0.4 is 0 Å². The molecule has 0 saturated carbocycles. The minimum atomic E-state index is -0.0833. The molecular weight excluding hydrogens is 132 g/mol. The second-order valence-corrected chi connectivity index (χ2v) is 2.06. The molecular formula is C7H10O3. The highest BCUT2D eigenvalue weighted by Crippen LogP contribution is 2.03. The van der Waals surface area contributed by atoms with Crippen molar-refractivity contribution in [3.05, 3.63) is 12.2 Å². The molecule has 56 valence electrons. The summed E-state index contributed by atoms with van der Waals surface area (Å²) in [4.78, 5) is 9.89. The SMILES string of the molecule is O=CO[C@@H]1C=CCOCC1. The van der Waals surface area contributed by atoms with Gasteiger partial charge in [0.1, 0.15) is 6.10 Å². The monoisotopic (exact) mass is 142 g/mol. The molecule has 1 rings (SSSR count). The summed E-state index contributed by atoms with van der Waals surface area (Å²) in [7, 11) is 0. The summed E-state index contributed by atoms with van der Waals surface area (Å²) in [5.41, 5.74) is 0. The van der Waals surface area contributed by atoms with Gasteiger partial charge < -0.3 is 9.47 Å². The topological polar surface area (TPSA) is 35.5 Å². The predicted octanol–water partition coefficient (Wildman–Crippen LogP) is 0.504. The molecule has 1 aliphatic heterocycles. The minimum Gasteiger partial charge on any atom is -0.460 e. The zero-order chi connectivity index (χ0) is 7.23. The molecule has 0 aromatic heterocycles. The van der Waals surface area contributed by atoms with E-state index in [1.54, 1.807) is 0 Å². The van der Waals surface area contributed by atoms with Gasteiger partial charge in [0.25, 0.3) is 6.47 Å². The van der Waals surface area contributed by atoms with Crippen molar-refractivity contribution in [2.75, 3.05) is 13.2 Å². The Hall–Kier alpha value is -0.830. The summed E-state index contributed by atoms with van der Waals surface area (Å²) in [5.74, 6) is 0. The smallest absolute Gasteiger partial charge is 0.293 e. The quantitative estimate of drug-likeness (QED) is 0.416. The van der Waals surface area contributed by atoms with Crippen LogP contribution in [0.5, 0.6) is 0 Å². The van der Waals surface area contributed by atoms with E-state index in [1.807, 2.05) is 12.2 Å². The number of hydrogen-bond acceptors (Lipinski definition) is 3. The molecule has 0 fully saturated rings. The van der Waals surface area contributed by atoms with Gasteiger partial charge >= 0.3 is 0 Å². The first-order chi connectivity index (χ1) is 4.93. The van der Waals surface area contributed by atoms with Crippen molar-refractivity contribution in [1.29, 1.82) is 0 Å². The maximum atomic E-state index is 9.89. The Morgan fingerprint density at radius 1 is 1.70 bits per heavy atom. The first kappa shape index (κ1) is 7.28. The number of carbonyl (C=O) groups is 1. The van der Waals surface area contributed by atoms with E-state index >= 15 is 0 Å². The van der Waals surface area contributed by atoms with Crippen molar-refractivity contribution < 1.29 is 14.3 Å². The number of ether oxygens (including phenoxy) is 2. The first-order valence-electron chi connectivity index (χ1n) is 3.27. The Bertz CT molecular complexity index is 131. The molecule has 0 aromatic carbocycles. The van der Waals surface area contributed by atoms with E-state index in [9.17, 15) is 4.79 Å². The fourth-order valence-corrected chi connectivity index (χ4v) is 0.839. The summed E-state index contributed by atoms with van der Waals surface area (Å²) in [6.07, 6.45) is 4.39. The third kappa shape index (κ3) is 2.19. The molecule has 0 aliphatic carbocycles. The van der Waals surface area contributed by atoms with Crippen molar-refractivity contribution in [3.63, 3.8) is 0 Å². The molecule has 1 heterocycles. The van der Waals surface area contributed by atoms with E-state index in [0.29, 0.717) is 19.7 Å². The second-order valence-electron chi connectivity index (χ2n) is 2.06. The molecule has 3 heteroatoms. The van der Waals surface area contributed by atoms with Gasteiger partial charge in [-0.15, -0.1) is 0 Å². The summed E-state index contributed by atoms with van der Waals surface area (Å²) >= 11 is 0. The minimum absolute atomic E-state index is 0.0833. The molecule has 3 nitrogen and oxygen atoms in total. The molecule has 0 spiro atoms. The van der Waals surface area contributed by atoms with Crippen LogP contribution in [0.1, 0.15) is 6.42 Å². The lowest BCUT2D eigenvalue weighted by atomic mass is 10.2. The molecule has 0 unspecified atom stereocenters. The third-order valence-corrected chi connectivity index (χ3v) is 1.34. The highest BCUT2D eigenvalue weighted by molar-refractivity contribution is 5.38. The van der Waals surface area contributed by atoms with E-state index < -0.39 is 0 Å². The Balaban J connectivity index is 2.33. The van der Waals surface area contributed by atoms with Crippen LogP contribution >= 0.6 is 0 Å². The van der Waals surface area contributed by atoms with Gasteiger partial charge in [-0.05, 0) is 6.08 Å². The number of rotatable bonds is 2. The lowest BCUT2D eigenvalue weighted by Crippen LogP contribution is -2.09. The molecule has 10 heavy (non-hydrogen) atoms. The van der Waals surface area contributed by atoms with Crippen molar-refractivity contribution in [3.8, 4) is 0 Å². The highest BCUT2D eigenvalue weighted by atomic mass is 16.5. The molecule has 0 aromatic rings. The van der Waals surface area contributed by atoms with Crippen LogP contribution in [0.3, 0.4) is 0 Å². The maximum absolute atomic E-state index is 9.89. The largest absolute Gasteiger partial charge is 0.460 e. The van der Waals surface area contributed by atoms with E-state index in [4.69, 9.17) is 9.47 Å². The average molecular weight is 142 g/mol. The van der Waals surface area contributed by atoms with Crippen LogP contribution in [0.2, 0.25) is 0 Å². The third-order valence-electron chi connectivity index (χ3n) is 1.34. The highest BCUT2D eigenvalue weighted by Gasteiger charge is 2.06. The van der Waals surface area contributed by atoms with E-state index in [-0.39, 0.29) is 6.10 Å². The fourth-order valence-electron chi connectivity index (χ4n) is 0.839. The number of carbonyl (C=O) groups excluding carboxylic acids is 1. The normalized spacial score (nSPS) is 25.4. The summed E-state index contributed by atoms with van der Waals surface area (Å²) in [5, 5.41) is 0. The standard InChI is InChI=1S/C7H10O3/c8-6-10-7-2-1-4-9-5-3-7/h1-2,6-7H,3-5H2/t7-/m1/s1. The van der Waals surface area contributed by atoms with Crippen LogP contribution in [-0.4, -0.2) is 25.8 Å². The van der Waals surface area contributed by atoms with Gasteiger partial charge in [-0.3, -0.25) is 4.79 Å². The zero-order valence-electron chi connectivity index (χ0n) is 5.66. The molecule has 0 saturated heterocycles. The molecule has 0 radical (unpaired) electrons. The molecule has 0 N–H and O–H groups in total. The predicted molar refractivity (Wildman–Crippen MR) is 35.5 cm³/mol. The summed E-state index contributed by atoms with van der Waals surface area (Å²) in [6.45, 7) is 1.75. The molecule has 0 bridgehead atoms. The fraction of sp³-hybridized carbons (Fsp3) is 0.571. The average Bonchev–Trinajstić information content (AvgIpc) is 2.17. The van der Waals surface area contributed by atoms with Crippen LogP contribution in [0.15, 0.2) is 12.2 Å². The van der Waals surface area contributed by atoms with Gasteiger partial charge in [-0.2, -0.15) is 0 Å². The van der Waals surface area contributed by atoms with Crippen LogP contribution in [0.25, 0.3) is 0 Å². The zero-order valence-corrected chi connectivity index (χ0v) is 5.66. The van der Waals surface area contributed by atoms with Gasteiger partial charge in [0.05, 0.1) is 13.2 Å². The van der Waals surface area contributed by atoms with Gasteiger partial charge in [0, 0.05) is 6.42 Å². The number of hydrogen-bond donors (Lipinski definition) is 0. The van der Waals surface area contributed by atoms with Crippen molar-refractivity contribution >= 4 is 6.47 Å². The molecule has 0 amide bonds. The van der Waals surface area contributed by atoms with Crippen LogP contribution in [0, 0.1) is 0 Å². The summed E-state index contributed by atoms with van der Waals surface area (Å²) in [6, 6.07) is 0. The molecule has 1 aliphatic rings. The second kappa shape index (κ2) is 4.06. The Morgan fingerprint density at radius 3 is 3.40 bits per heavy atom. The van der Waals surface area contributed by atoms with E-state index in [2.05, 4.69) is 0 Å². The van der Waals surface area contributed by atoms with Crippen molar-refractivity contribution in [2.45, 2.75) is 12.5 Å². The summed E-state index contributed by atoms with van der Waals surface area (Å²) < 4.78 is 9.80. The van der Waals surface area contributed by atoms with Gasteiger partial charge in [-0.1, -0.05) is 6.08 Å². The maximum Gasteiger partial charge on any atom is 0.293 e. The van der Waals surface area contributed by atoms with E-state index in [0.717, 1.165) is 6.42 Å². The van der Waals surface area contributed by atoms with Crippen LogP contribution in [-0.2, 0) is 14.3 Å². The molecule has 1 atom stereocenters. The Morgan fingerprint density at radius 2 is 2.60 bits per heavy atom. The first-order valence-corrected chi connectivity index (χ1v) is 3.27. The van der Waals surface area contributed by atoms with Gasteiger partial charge in [0.2, 0.25) is 0 Å². The lowest BCUT2D eigenvalue weighted by Gasteiger charge is -2.06. The van der Waals surface area contributed by atoms with Gasteiger partial charge in [0.15, 0.2) is 0 Å².